The standard InChI is InChI=1S/C22H35N7O/c23-14-5-7-16(8-6-14)26-22-27-20(25-15-9-11-18(30)12-10-15)19-21(28-22)29(13-24-19)17-3-1-2-4-17/h13-18,30H,1-12,23H2,(H2,25,26,27,28). The molecule has 0 saturated heterocycles. The Kier molecular flexibility index (Phi) is 5.78. The monoisotopic (exact) mass is 413 g/mol. The van der Waals surface area contributed by atoms with Crippen LogP contribution in [0.15, 0.2) is 6.33 Å². The highest BCUT2D eigenvalue weighted by Gasteiger charge is 2.26. The molecule has 3 fully saturated rings. The molecule has 0 aromatic carbocycles. The van der Waals surface area contributed by atoms with E-state index in [0.717, 1.165) is 68.3 Å². The Labute approximate surface area is 178 Å². The first-order valence-electron chi connectivity index (χ1n) is 11.9. The summed E-state index contributed by atoms with van der Waals surface area (Å²) in [6.45, 7) is 0. The largest absolute Gasteiger partial charge is 0.393 e. The average molecular weight is 414 g/mol. The van der Waals surface area contributed by atoms with Gasteiger partial charge >= 0.3 is 0 Å². The molecule has 3 aliphatic carbocycles. The van der Waals surface area contributed by atoms with Crippen LogP contribution in [0.25, 0.3) is 11.2 Å². The zero-order valence-electron chi connectivity index (χ0n) is 17.8. The number of nitrogens with one attached hydrogen (secondary N) is 2. The third kappa shape index (κ3) is 4.25. The van der Waals surface area contributed by atoms with E-state index in [-0.39, 0.29) is 6.10 Å². The van der Waals surface area contributed by atoms with Crippen molar-refractivity contribution in [3.63, 3.8) is 0 Å². The maximum Gasteiger partial charge on any atom is 0.227 e. The van der Waals surface area contributed by atoms with E-state index >= 15 is 0 Å². The number of nitrogens with two attached hydrogens (primary N) is 1. The highest BCUT2D eigenvalue weighted by Crippen LogP contribution is 2.34. The molecule has 0 spiro atoms. The average Bonchev–Trinajstić information content (AvgIpc) is 3.41. The van der Waals surface area contributed by atoms with Gasteiger partial charge in [0.1, 0.15) is 0 Å². The van der Waals surface area contributed by atoms with Gasteiger partial charge in [-0.05, 0) is 64.2 Å². The van der Waals surface area contributed by atoms with Crippen molar-refractivity contribution in [2.24, 2.45) is 5.73 Å². The normalized spacial score (nSPS) is 30.6. The predicted octanol–water partition coefficient (Wildman–Crippen LogP) is 3.34. The Morgan fingerprint density at radius 3 is 2.27 bits per heavy atom. The third-order valence-corrected chi connectivity index (χ3v) is 7.28. The molecule has 0 radical (unpaired) electrons. The van der Waals surface area contributed by atoms with Gasteiger partial charge < -0.3 is 26.0 Å². The molecule has 0 unspecified atom stereocenters. The number of aliphatic hydroxyl groups is 1. The lowest BCUT2D eigenvalue weighted by molar-refractivity contribution is 0.126. The van der Waals surface area contributed by atoms with Crippen molar-refractivity contribution in [1.29, 1.82) is 0 Å². The fourth-order valence-electron chi connectivity index (χ4n) is 5.39. The van der Waals surface area contributed by atoms with E-state index in [1.54, 1.807) is 0 Å². The number of aliphatic hydroxyl groups excluding tert-OH is 1. The number of hydrogen-bond donors (Lipinski definition) is 4. The molecule has 3 aliphatic rings. The van der Waals surface area contributed by atoms with Crippen molar-refractivity contribution in [3.8, 4) is 0 Å². The highest BCUT2D eigenvalue weighted by molar-refractivity contribution is 5.84. The molecule has 8 heteroatoms. The summed E-state index contributed by atoms with van der Waals surface area (Å²) in [6.07, 6.45) is 14.6. The summed E-state index contributed by atoms with van der Waals surface area (Å²) in [7, 11) is 0. The molecule has 30 heavy (non-hydrogen) atoms. The van der Waals surface area contributed by atoms with Gasteiger partial charge in [0.05, 0.1) is 12.4 Å². The van der Waals surface area contributed by atoms with Gasteiger partial charge in [-0.15, -0.1) is 0 Å². The Morgan fingerprint density at radius 2 is 1.53 bits per heavy atom. The second kappa shape index (κ2) is 8.67. The maximum atomic E-state index is 9.85. The van der Waals surface area contributed by atoms with Gasteiger partial charge in [0, 0.05) is 24.2 Å². The number of rotatable bonds is 5. The molecule has 5 rings (SSSR count). The molecule has 3 saturated carbocycles. The molecule has 0 atom stereocenters. The van der Waals surface area contributed by atoms with Crippen LogP contribution < -0.4 is 16.4 Å². The maximum absolute atomic E-state index is 9.85. The Balaban J connectivity index is 1.43. The first-order valence-corrected chi connectivity index (χ1v) is 11.9. The van der Waals surface area contributed by atoms with Gasteiger partial charge in [0.15, 0.2) is 17.0 Å². The van der Waals surface area contributed by atoms with E-state index in [4.69, 9.17) is 20.7 Å². The molecule has 0 bridgehead atoms. The zero-order chi connectivity index (χ0) is 20.5. The topological polar surface area (TPSA) is 114 Å². The molecule has 5 N–H and O–H groups in total. The minimum absolute atomic E-state index is 0.162. The molecule has 164 valence electrons. The van der Waals surface area contributed by atoms with Crippen LogP contribution in [0.1, 0.15) is 83.1 Å². The number of imidazole rings is 1. The van der Waals surface area contributed by atoms with Gasteiger partial charge in [-0.25, -0.2) is 4.98 Å². The second-order valence-electron chi connectivity index (χ2n) is 9.56. The summed E-state index contributed by atoms with van der Waals surface area (Å²) in [5.41, 5.74) is 7.88. The summed E-state index contributed by atoms with van der Waals surface area (Å²) < 4.78 is 2.27. The van der Waals surface area contributed by atoms with E-state index in [9.17, 15) is 5.11 Å². The lowest BCUT2D eigenvalue weighted by Gasteiger charge is -2.28. The molecular formula is C22H35N7O. The smallest absolute Gasteiger partial charge is 0.227 e. The number of nitrogens with zero attached hydrogens (tertiary/aromatic N) is 4. The fourth-order valence-corrected chi connectivity index (χ4v) is 5.39. The SMILES string of the molecule is NC1CCC(Nc2nc(NC3CCC(O)CC3)c3ncn(C4CCCC4)c3n2)CC1. The predicted molar refractivity (Wildman–Crippen MR) is 119 cm³/mol. The fraction of sp³-hybridized carbons (Fsp3) is 0.773. The highest BCUT2D eigenvalue weighted by atomic mass is 16.3. The van der Waals surface area contributed by atoms with Crippen LogP contribution in [0.2, 0.25) is 0 Å². The summed E-state index contributed by atoms with van der Waals surface area (Å²) in [6, 6.07) is 1.52. The molecule has 0 aliphatic heterocycles. The van der Waals surface area contributed by atoms with Crippen molar-refractivity contribution >= 4 is 22.9 Å². The molecule has 0 amide bonds. The number of fused-ring (bicyclic) bond motifs is 1. The van der Waals surface area contributed by atoms with Gasteiger partial charge in [0.25, 0.3) is 0 Å². The lowest BCUT2D eigenvalue weighted by atomic mass is 9.92. The van der Waals surface area contributed by atoms with Crippen molar-refractivity contribution in [2.45, 2.75) is 107 Å². The second-order valence-corrected chi connectivity index (χ2v) is 9.56. The molecular weight excluding hydrogens is 378 g/mol. The molecule has 2 heterocycles. The molecule has 2 aromatic rings. The van der Waals surface area contributed by atoms with Crippen molar-refractivity contribution in [2.75, 3.05) is 10.6 Å². The van der Waals surface area contributed by atoms with Crippen LogP contribution in [0.4, 0.5) is 11.8 Å². The van der Waals surface area contributed by atoms with Crippen LogP contribution in [0, 0.1) is 0 Å². The van der Waals surface area contributed by atoms with E-state index in [2.05, 4.69) is 15.2 Å². The number of hydrogen-bond acceptors (Lipinski definition) is 7. The van der Waals surface area contributed by atoms with Crippen LogP contribution >= 0.6 is 0 Å². The first-order chi connectivity index (χ1) is 14.7. The minimum Gasteiger partial charge on any atom is -0.393 e. The van der Waals surface area contributed by atoms with Crippen molar-refractivity contribution in [1.82, 2.24) is 19.5 Å². The van der Waals surface area contributed by atoms with E-state index < -0.39 is 0 Å². The first kappa shape index (κ1) is 20.0. The zero-order valence-corrected chi connectivity index (χ0v) is 17.8. The minimum atomic E-state index is -0.162. The Morgan fingerprint density at radius 1 is 0.867 bits per heavy atom. The molecule has 8 nitrogen and oxygen atoms in total. The number of anilines is 2. The van der Waals surface area contributed by atoms with Crippen LogP contribution in [-0.2, 0) is 0 Å². The van der Waals surface area contributed by atoms with E-state index in [1.807, 2.05) is 6.33 Å². The van der Waals surface area contributed by atoms with Crippen LogP contribution in [0.5, 0.6) is 0 Å². The number of aromatic nitrogens is 4. The Hall–Kier alpha value is -1.93. The summed E-state index contributed by atoms with van der Waals surface area (Å²) in [5, 5.41) is 17.1. The van der Waals surface area contributed by atoms with Gasteiger partial charge in [-0.1, -0.05) is 12.8 Å². The summed E-state index contributed by atoms with van der Waals surface area (Å²) >= 11 is 0. The van der Waals surface area contributed by atoms with Gasteiger partial charge in [-0.2, -0.15) is 9.97 Å². The van der Waals surface area contributed by atoms with E-state index in [0.29, 0.717) is 30.1 Å². The van der Waals surface area contributed by atoms with Crippen molar-refractivity contribution < 1.29 is 5.11 Å². The third-order valence-electron chi connectivity index (χ3n) is 7.28. The molecule has 2 aromatic heterocycles. The lowest BCUT2D eigenvalue weighted by Crippen LogP contribution is -2.33. The summed E-state index contributed by atoms with van der Waals surface area (Å²) in [5.74, 6) is 1.52. The van der Waals surface area contributed by atoms with E-state index in [1.165, 1.54) is 25.7 Å². The Bertz CT molecular complexity index is 847. The van der Waals surface area contributed by atoms with Gasteiger partial charge in [-0.3, -0.25) is 0 Å². The van der Waals surface area contributed by atoms with Crippen LogP contribution in [-0.4, -0.2) is 48.9 Å². The summed E-state index contributed by atoms with van der Waals surface area (Å²) in [4.78, 5) is 14.5. The van der Waals surface area contributed by atoms with Crippen molar-refractivity contribution in [3.05, 3.63) is 6.33 Å². The van der Waals surface area contributed by atoms with Gasteiger partial charge in [0.2, 0.25) is 5.95 Å². The quantitative estimate of drug-likeness (QED) is 0.594. The van der Waals surface area contributed by atoms with Crippen LogP contribution in [0.3, 0.4) is 0 Å².